The molecule has 1 atom stereocenters. The van der Waals surface area contributed by atoms with E-state index in [1.165, 1.54) is 63.4 Å². The summed E-state index contributed by atoms with van der Waals surface area (Å²) < 4.78 is 0. The fraction of sp³-hybridized carbons (Fsp3) is 0.684. The molecule has 1 aromatic carbocycles. The first-order valence-corrected chi connectivity index (χ1v) is 9.06. The van der Waals surface area contributed by atoms with Gasteiger partial charge in [-0.25, -0.2) is 0 Å². The predicted octanol–water partition coefficient (Wildman–Crippen LogP) is 6.17. The zero-order valence-corrected chi connectivity index (χ0v) is 14.6. The highest BCUT2D eigenvalue weighted by Crippen LogP contribution is 2.28. The van der Waals surface area contributed by atoms with E-state index in [2.05, 4.69) is 24.4 Å². The fourth-order valence-electron chi connectivity index (χ4n) is 2.94. The van der Waals surface area contributed by atoms with Crippen LogP contribution in [-0.4, -0.2) is 13.6 Å². The van der Waals surface area contributed by atoms with Crippen molar-refractivity contribution in [3.8, 4) is 0 Å². The van der Waals surface area contributed by atoms with E-state index in [0.29, 0.717) is 5.92 Å². The standard InChI is InChI=1S/C19H32ClN/c1-3-4-5-6-7-8-9-10-13-17(16-21-2)18-14-11-12-15-19(18)20/h11-12,14-15,17,21H,3-10,13,16H2,1-2H3. The molecule has 0 amide bonds. The van der Waals surface area contributed by atoms with Crippen molar-refractivity contribution in [2.45, 2.75) is 70.6 Å². The number of benzene rings is 1. The molecule has 2 heteroatoms. The average Bonchev–Trinajstić information content (AvgIpc) is 2.49. The second-order valence-corrected chi connectivity index (χ2v) is 6.45. The highest BCUT2D eigenvalue weighted by molar-refractivity contribution is 6.31. The van der Waals surface area contributed by atoms with Gasteiger partial charge in [0.1, 0.15) is 0 Å². The first-order chi connectivity index (χ1) is 10.3. The molecule has 0 spiro atoms. The first-order valence-electron chi connectivity index (χ1n) is 8.68. The van der Waals surface area contributed by atoms with Crippen LogP contribution >= 0.6 is 11.6 Å². The number of halogens is 1. The largest absolute Gasteiger partial charge is 0.319 e. The Hall–Kier alpha value is -0.530. The second kappa shape index (κ2) is 12.1. The smallest absolute Gasteiger partial charge is 0.0441 e. The van der Waals surface area contributed by atoms with Crippen molar-refractivity contribution in [2.75, 3.05) is 13.6 Å². The van der Waals surface area contributed by atoms with Crippen molar-refractivity contribution in [2.24, 2.45) is 0 Å². The number of hydrogen-bond donors (Lipinski definition) is 1. The summed E-state index contributed by atoms with van der Waals surface area (Å²) in [6, 6.07) is 8.29. The van der Waals surface area contributed by atoms with E-state index in [1.54, 1.807) is 0 Å². The molecule has 0 saturated heterocycles. The summed E-state index contributed by atoms with van der Waals surface area (Å²) in [5.41, 5.74) is 1.30. The van der Waals surface area contributed by atoms with Gasteiger partial charge in [-0.15, -0.1) is 0 Å². The molecule has 0 bridgehead atoms. The van der Waals surface area contributed by atoms with Crippen molar-refractivity contribution in [1.29, 1.82) is 0 Å². The van der Waals surface area contributed by atoms with Crippen LogP contribution in [0.2, 0.25) is 5.02 Å². The third-order valence-corrected chi connectivity index (χ3v) is 4.55. The molecule has 1 unspecified atom stereocenters. The summed E-state index contributed by atoms with van der Waals surface area (Å²) >= 11 is 6.34. The lowest BCUT2D eigenvalue weighted by Gasteiger charge is -2.18. The highest BCUT2D eigenvalue weighted by atomic mass is 35.5. The van der Waals surface area contributed by atoms with Gasteiger partial charge < -0.3 is 5.32 Å². The van der Waals surface area contributed by atoms with Crippen LogP contribution < -0.4 is 5.32 Å². The molecule has 1 rings (SSSR count). The summed E-state index contributed by atoms with van der Waals surface area (Å²) in [6.07, 6.45) is 12.3. The van der Waals surface area contributed by atoms with Crippen molar-refractivity contribution < 1.29 is 0 Å². The lowest BCUT2D eigenvalue weighted by molar-refractivity contribution is 0.516. The Morgan fingerprint density at radius 1 is 0.952 bits per heavy atom. The second-order valence-electron chi connectivity index (χ2n) is 6.04. The Morgan fingerprint density at radius 2 is 1.57 bits per heavy atom. The topological polar surface area (TPSA) is 12.0 Å². The Labute approximate surface area is 136 Å². The summed E-state index contributed by atoms with van der Waals surface area (Å²) in [4.78, 5) is 0. The van der Waals surface area contributed by atoms with Gasteiger partial charge in [-0.3, -0.25) is 0 Å². The molecule has 0 radical (unpaired) electrons. The number of hydrogen-bond acceptors (Lipinski definition) is 1. The van der Waals surface area contributed by atoms with Gasteiger partial charge in [0.15, 0.2) is 0 Å². The van der Waals surface area contributed by atoms with Gasteiger partial charge >= 0.3 is 0 Å². The number of unbranched alkanes of at least 4 members (excludes halogenated alkanes) is 7. The molecule has 21 heavy (non-hydrogen) atoms. The van der Waals surface area contributed by atoms with Gasteiger partial charge in [0.2, 0.25) is 0 Å². The van der Waals surface area contributed by atoms with Crippen LogP contribution in [0.15, 0.2) is 24.3 Å². The van der Waals surface area contributed by atoms with Gasteiger partial charge in [-0.2, -0.15) is 0 Å². The third-order valence-electron chi connectivity index (χ3n) is 4.20. The van der Waals surface area contributed by atoms with E-state index >= 15 is 0 Å². The zero-order chi connectivity index (χ0) is 15.3. The molecule has 0 heterocycles. The quantitative estimate of drug-likeness (QED) is 0.455. The fourth-order valence-corrected chi connectivity index (χ4v) is 3.23. The monoisotopic (exact) mass is 309 g/mol. The highest BCUT2D eigenvalue weighted by Gasteiger charge is 2.13. The van der Waals surface area contributed by atoms with E-state index in [9.17, 15) is 0 Å². The van der Waals surface area contributed by atoms with Crippen molar-refractivity contribution in [1.82, 2.24) is 5.32 Å². The van der Waals surface area contributed by atoms with Gasteiger partial charge in [0, 0.05) is 11.6 Å². The summed E-state index contributed by atoms with van der Waals surface area (Å²) in [6.45, 7) is 3.29. The van der Waals surface area contributed by atoms with Crippen LogP contribution in [0.1, 0.15) is 76.2 Å². The molecule has 0 aromatic heterocycles. The molecule has 0 fully saturated rings. The Morgan fingerprint density at radius 3 is 2.19 bits per heavy atom. The minimum Gasteiger partial charge on any atom is -0.319 e. The SMILES string of the molecule is CCCCCCCCCCC(CNC)c1ccccc1Cl. The molecule has 0 saturated carbocycles. The van der Waals surface area contributed by atoms with Crippen LogP contribution in [0.3, 0.4) is 0 Å². The minimum absolute atomic E-state index is 0.545. The Bertz CT molecular complexity index is 364. The number of likely N-dealkylation sites (N-methyl/N-ethyl adjacent to an activating group) is 1. The summed E-state index contributed by atoms with van der Waals surface area (Å²) in [5, 5.41) is 4.22. The molecule has 120 valence electrons. The average molecular weight is 310 g/mol. The zero-order valence-electron chi connectivity index (χ0n) is 13.8. The maximum Gasteiger partial charge on any atom is 0.0441 e. The van der Waals surface area contributed by atoms with Gasteiger partial charge in [-0.1, -0.05) is 88.1 Å². The lowest BCUT2D eigenvalue weighted by atomic mass is 9.92. The minimum atomic E-state index is 0.545. The third kappa shape index (κ3) is 7.87. The van der Waals surface area contributed by atoms with Crippen LogP contribution in [-0.2, 0) is 0 Å². The maximum atomic E-state index is 6.34. The summed E-state index contributed by atoms with van der Waals surface area (Å²) in [7, 11) is 2.03. The Kier molecular flexibility index (Phi) is 10.6. The molecule has 1 aromatic rings. The van der Waals surface area contributed by atoms with E-state index < -0.39 is 0 Å². The predicted molar refractivity (Wildman–Crippen MR) is 95.3 cm³/mol. The maximum absolute atomic E-state index is 6.34. The van der Waals surface area contributed by atoms with Gasteiger partial charge in [-0.05, 0) is 31.0 Å². The van der Waals surface area contributed by atoms with Crippen molar-refractivity contribution in [3.63, 3.8) is 0 Å². The van der Waals surface area contributed by atoms with E-state index in [1.807, 2.05) is 19.2 Å². The van der Waals surface area contributed by atoms with E-state index in [0.717, 1.165) is 11.6 Å². The molecule has 0 aliphatic carbocycles. The van der Waals surface area contributed by atoms with Crippen molar-refractivity contribution in [3.05, 3.63) is 34.9 Å². The summed E-state index contributed by atoms with van der Waals surface area (Å²) in [5.74, 6) is 0.545. The van der Waals surface area contributed by atoms with Crippen LogP contribution in [0.5, 0.6) is 0 Å². The van der Waals surface area contributed by atoms with Crippen LogP contribution in [0.4, 0.5) is 0 Å². The molecule has 1 nitrogen and oxygen atoms in total. The first kappa shape index (κ1) is 18.5. The van der Waals surface area contributed by atoms with Gasteiger partial charge in [0.25, 0.3) is 0 Å². The molecule has 0 aliphatic rings. The van der Waals surface area contributed by atoms with E-state index in [4.69, 9.17) is 11.6 Å². The van der Waals surface area contributed by atoms with Crippen LogP contribution in [0, 0.1) is 0 Å². The Balaban J connectivity index is 2.25. The van der Waals surface area contributed by atoms with Crippen molar-refractivity contribution >= 4 is 11.6 Å². The van der Waals surface area contributed by atoms with Crippen LogP contribution in [0.25, 0.3) is 0 Å². The molecular formula is C19H32ClN. The lowest BCUT2D eigenvalue weighted by Crippen LogP contribution is -2.17. The number of nitrogens with one attached hydrogen (secondary N) is 1. The van der Waals surface area contributed by atoms with E-state index in [-0.39, 0.29) is 0 Å². The number of rotatable bonds is 12. The molecule has 1 N–H and O–H groups in total. The molecule has 0 aliphatic heterocycles. The normalized spacial score (nSPS) is 12.5. The van der Waals surface area contributed by atoms with Gasteiger partial charge in [0.05, 0.1) is 0 Å². The molecular weight excluding hydrogens is 278 g/mol.